The molecule has 4 aromatic rings. The van der Waals surface area contributed by atoms with E-state index in [-0.39, 0.29) is 5.56 Å². The zero-order valence-corrected chi connectivity index (χ0v) is 18.4. The Balaban J connectivity index is 1.78. The Morgan fingerprint density at radius 1 is 1.13 bits per heavy atom. The summed E-state index contributed by atoms with van der Waals surface area (Å²) in [7, 11) is 1.61. The number of unbranched alkanes of at least 4 members (excludes halogenated alkanes) is 2. The van der Waals surface area contributed by atoms with Crippen molar-refractivity contribution in [3.05, 3.63) is 63.9 Å². The summed E-state index contributed by atoms with van der Waals surface area (Å²) in [5.74, 6) is 1.82. The second-order valence-corrected chi connectivity index (χ2v) is 8.22. The van der Waals surface area contributed by atoms with E-state index in [0.717, 1.165) is 36.6 Å². The number of thioether (sulfide) groups is 1. The van der Waals surface area contributed by atoms with E-state index in [1.165, 1.54) is 11.8 Å². The van der Waals surface area contributed by atoms with Gasteiger partial charge in [0.2, 0.25) is 5.78 Å². The van der Waals surface area contributed by atoms with Crippen LogP contribution in [0.15, 0.2) is 52.4 Å². The highest BCUT2D eigenvalue weighted by Gasteiger charge is 2.17. The van der Waals surface area contributed by atoms with E-state index in [9.17, 15) is 9.59 Å². The van der Waals surface area contributed by atoms with Gasteiger partial charge in [0.1, 0.15) is 12.0 Å². The molecule has 0 N–H and O–H groups in total. The van der Waals surface area contributed by atoms with Crippen molar-refractivity contribution in [1.82, 2.24) is 19.2 Å². The monoisotopic (exact) mass is 436 g/mol. The lowest BCUT2D eigenvalue weighted by atomic mass is 10.1. The van der Waals surface area contributed by atoms with Crippen molar-refractivity contribution < 1.29 is 9.53 Å². The third-order valence-electron chi connectivity index (χ3n) is 5.26. The van der Waals surface area contributed by atoms with E-state index in [0.29, 0.717) is 39.9 Å². The van der Waals surface area contributed by atoms with Crippen molar-refractivity contribution in [2.45, 2.75) is 43.6 Å². The first-order valence-corrected chi connectivity index (χ1v) is 11.3. The molecule has 31 heavy (non-hydrogen) atoms. The number of carbonyl (C=O) groups is 1. The summed E-state index contributed by atoms with van der Waals surface area (Å²) in [5.41, 5.74) is 2.24. The van der Waals surface area contributed by atoms with E-state index in [4.69, 9.17) is 4.74 Å². The number of fused-ring (bicyclic) bond motifs is 3. The number of methoxy groups -OCH3 is 1. The molecule has 0 aliphatic heterocycles. The van der Waals surface area contributed by atoms with Gasteiger partial charge in [0, 0.05) is 23.4 Å². The van der Waals surface area contributed by atoms with E-state index in [2.05, 4.69) is 17.1 Å². The minimum atomic E-state index is -0.0384. The van der Waals surface area contributed by atoms with Crippen molar-refractivity contribution in [3.8, 4) is 5.75 Å². The maximum atomic E-state index is 13.1. The van der Waals surface area contributed by atoms with Crippen molar-refractivity contribution in [2.75, 3.05) is 7.11 Å². The summed E-state index contributed by atoms with van der Waals surface area (Å²) in [6.07, 6.45) is 3.86. The highest BCUT2D eigenvalue weighted by Crippen LogP contribution is 2.29. The summed E-state index contributed by atoms with van der Waals surface area (Å²) < 4.78 is 9.12. The molecule has 2 heterocycles. The van der Waals surface area contributed by atoms with E-state index >= 15 is 0 Å². The summed E-state index contributed by atoms with van der Waals surface area (Å²) >= 11 is 1.49. The van der Waals surface area contributed by atoms with Gasteiger partial charge in [0.05, 0.1) is 18.0 Å². The zero-order valence-electron chi connectivity index (χ0n) is 17.6. The Labute approximate surface area is 184 Å². The van der Waals surface area contributed by atoms with Crippen LogP contribution in [0.4, 0.5) is 0 Å². The number of rotatable bonds is 9. The fourth-order valence-corrected chi connectivity index (χ4v) is 4.59. The SMILES string of the molecule is CCCCCn1c(=O)c2ccccc2n2c(SCc3cc(C=O)ccc3OC)nnc12. The quantitative estimate of drug-likeness (QED) is 0.221. The molecule has 4 rings (SSSR count). The molecule has 0 atom stereocenters. The Morgan fingerprint density at radius 3 is 2.74 bits per heavy atom. The molecule has 0 fully saturated rings. The number of aldehydes is 1. The van der Waals surface area contributed by atoms with E-state index in [1.54, 1.807) is 23.8 Å². The number of hydrogen-bond donors (Lipinski definition) is 0. The summed E-state index contributed by atoms with van der Waals surface area (Å²) in [5, 5.41) is 10.1. The minimum Gasteiger partial charge on any atom is -0.496 e. The number of ether oxygens (including phenoxy) is 1. The van der Waals surface area contributed by atoms with Crippen LogP contribution in [-0.2, 0) is 12.3 Å². The van der Waals surface area contributed by atoms with Crippen LogP contribution >= 0.6 is 11.8 Å². The molecule has 0 aliphatic carbocycles. The third kappa shape index (κ3) is 4.07. The van der Waals surface area contributed by atoms with Gasteiger partial charge in [-0.15, -0.1) is 10.2 Å². The number of para-hydroxylation sites is 1. The number of nitrogens with zero attached hydrogens (tertiary/aromatic N) is 4. The zero-order chi connectivity index (χ0) is 21.8. The molecule has 0 unspecified atom stereocenters. The van der Waals surface area contributed by atoms with Gasteiger partial charge in [-0.2, -0.15) is 0 Å². The minimum absolute atomic E-state index is 0.0384. The molecule has 0 saturated heterocycles. The fourth-order valence-electron chi connectivity index (χ4n) is 3.68. The van der Waals surface area contributed by atoms with Crippen LogP contribution in [0.25, 0.3) is 16.7 Å². The molecule has 2 aromatic heterocycles. The first kappa shape index (κ1) is 21.1. The molecular formula is C23H24N4O3S. The van der Waals surface area contributed by atoms with Crippen LogP contribution in [0.3, 0.4) is 0 Å². The van der Waals surface area contributed by atoms with Gasteiger partial charge in [-0.05, 0) is 36.8 Å². The molecule has 0 radical (unpaired) electrons. The van der Waals surface area contributed by atoms with E-state index in [1.807, 2.05) is 34.7 Å². The lowest BCUT2D eigenvalue weighted by molar-refractivity contribution is 0.112. The van der Waals surface area contributed by atoms with Crippen LogP contribution < -0.4 is 10.3 Å². The van der Waals surface area contributed by atoms with Gasteiger partial charge in [-0.25, -0.2) is 0 Å². The lowest BCUT2D eigenvalue weighted by Gasteiger charge is -2.11. The molecule has 0 aliphatic rings. The highest BCUT2D eigenvalue weighted by molar-refractivity contribution is 7.98. The van der Waals surface area contributed by atoms with Gasteiger partial charge in [0.15, 0.2) is 5.16 Å². The maximum absolute atomic E-state index is 13.1. The predicted molar refractivity (Wildman–Crippen MR) is 122 cm³/mol. The van der Waals surface area contributed by atoms with Crippen LogP contribution in [0.5, 0.6) is 5.75 Å². The van der Waals surface area contributed by atoms with Crippen molar-refractivity contribution >= 4 is 34.7 Å². The lowest BCUT2D eigenvalue weighted by Crippen LogP contribution is -2.23. The molecule has 7 nitrogen and oxygen atoms in total. The third-order valence-corrected chi connectivity index (χ3v) is 6.24. The fraction of sp³-hybridized carbons (Fsp3) is 0.304. The maximum Gasteiger partial charge on any atom is 0.262 e. The van der Waals surface area contributed by atoms with Crippen LogP contribution in [-0.4, -0.2) is 32.6 Å². The second-order valence-electron chi connectivity index (χ2n) is 7.28. The molecule has 0 saturated carbocycles. The summed E-state index contributed by atoms with van der Waals surface area (Å²) in [4.78, 5) is 24.3. The van der Waals surface area contributed by atoms with Crippen LogP contribution in [0.2, 0.25) is 0 Å². The molecule has 0 bridgehead atoms. The number of benzene rings is 2. The van der Waals surface area contributed by atoms with Gasteiger partial charge in [0.25, 0.3) is 5.56 Å². The normalized spacial score (nSPS) is 11.3. The van der Waals surface area contributed by atoms with Gasteiger partial charge in [-0.3, -0.25) is 18.6 Å². The molecular weight excluding hydrogens is 412 g/mol. The largest absolute Gasteiger partial charge is 0.496 e. The molecule has 0 spiro atoms. The standard InChI is InChI=1S/C23H24N4O3S/c1-3-4-7-12-26-21(29)18-8-5-6-9-19(18)27-22(26)24-25-23(27)31-15-17-13-16(14-28)10-11-20(17)30-2/h5-6,8-11,13-14H,3-4,7,12,15H2,1-2H3. The highest BCUT2D eigenvalue weighted by atomic mass is 32.2. The van der Waals surface area contributed by atoms with Gasteiger partial charge < -0.3 is 4.74 Å². The first-order valence-electron chi connectivity index (χ1n) is 10.3. The topological polar surface area (TPSA) is 78.5 Å². The van der Waals surface area contributed by atoms with Crippen molar-refractivity contribution in [3.63, 3.8) is 0 Å². The van der Waals surface area contributed by atoms with Crippen LogP contribution in [0.1, 0.15) is 42.1 Å². The molecule has 2 aromatic carbocycles. The van der Waals surface area contributed by atoms with Crippen molar-refractivity contribution in [2.24, 2.45) is 0 Å². The summed E-state index contributed by atoms with van der Waals surface area (Å²) in [6.45, 7) is 2.75. The Kier molecular flexibility index (Phi) is 6.36. The predicted octanol–water partition coefficient (Wildman–Crippen LogP) is 4.35. The average Bonchev–Trinajstić information content (AvgIpc) is 3.23. The Bertz CT molecular complexity index is 1300. The Hall–Kier alpha value is -3.13. The first-order chi connectivity index (χ1) is 15.2. The molecule has 0 amide bonds. The van der Waals surface area contributed by atoms with Gasteiger partial charge >= 0.3 is 0 Å². The average molecular weight is 437 g/mol. The number of aromatic nitrogens is 4. The second kappa shape index (κ2) is 9.34. The number of hydrogen-bond acceptors (Lipinski definition) is 6. The smallest absolute Gasteiger partial charge is 0.262 e. The van der Waals surface area contributed by atoms with Gasteiger partial charge in [-0.1, -0.05) is 43.7 Å². The number of carbonyl (C=O) groups excluding carboxylic acids is 1. The molecule has 8 heteroatoms. The van der Waals surface area contributed by atoms with Crippen LogP contribution in [0, 0.1) is 0 Å². The summed E-state index contributed by atoms with van der Waals surface area (Å²) in [6, 6.07) is 12.9. The molecule has 160 valence electrons. The number of aryl methyl sites for hydroxylation is 1. The van der Waals surface area contributed by atoms with E-state index < -0.39 is 0 Å². The van der Waals surface area contributed by atoms with Crippen molar-refractivity contribution in [1.29, 1.82) is 0 Å². The Morgan fingerprint density at radius 2 is 1.97 bits per heavy atom.